The highest BCUT2D eigenvalue weighted by Gasteiger charge is 2.16. The highest BCUT2D eigenvalue weighted by Crippen LogP contribution is 2.33. The lowest BCUT2D eigenvalue weighted by Gasteiger charge is -2.10. The number of aromatic nitrogens is 2. The van der Waals surface area contributed by atoms with Crippen LogP contribution in [0.5, 0.6) is 11.5 Å². The zero-order valence-electron chi connectivity index (χ0n) is 17.8. The molecular formula is C25H18BrN3O4. The fraction of sp³-hybridized carbons (Fsp3) is 0.0800. The SMILES string of the molecule is COc1cc(Br)c(C=Nn2c(-c3cc4ccccc4o3)nc3ccccc3c2=O)cc1OC. The predicted octanol–water partition coefficient (Wildman–Crippen LogP) is 5.47. The Balaban J connectivity index is 1.71. The molecule has 2 aromatic heterocycles. The number of fused-ring (bicyclic) bond motifs is 2. The lowest BCUT2D eigenvalue weighted by atomic mass is 10.2. The minimum absolute atomic E-state index is 0.302. The smallest absolute Gasteiger partial charge is 0.282 e. The quantitative estimate of drug-likeness (QED) is 0.297. The van der Waals surface area contributed by atoms with Gasteiger partial charge in [0, 0.05) is 15.4 Å². The second-order valence-corrected chi connectivity index (χ2v) is 8.05. The van der Waals surface area contributed by atoms with Crippen molar-refractivity contribution in [3.63, 3.8) is 0 Å². The number of benzene rings is 3. The molecule has 0 saturated carbocycles. The van der Waals surface area contributed by atoms with Crippen LogP contribution in [0.15, 0.2) is 85.5 Å². The van der Waals surface area contributed by atoms with Gasteiger partial charge in [-0.3, -0.25) is 4.79 Å². The van der Waals surface area contributed by atoms with E-state index in [0.717, 1.165) is 9.86 Å². The average Bonchev–Trinajstić information content (AvgIpc) is 3.28. The van der Waals surface area contributed by atoms with Gasteiger partial charge in [0.2, 0.25) is 5.82 Å². The first-order chi connectivity index (χ1) is 16.1. The summed E-state index contributed by atoms with van der Waals surface area (Å²) in [6, 6.07) is 20.2. The highest BCUT2D eigenvalue weighted by molar-refractivity contribution is 9.10. The Kier molecular flexibility index (Phi) is 5.43. The van der Waals surface area contributed by atoms with Crippen molar-refractivity contribution in [2.24, 2.45) is 5.10 Å². The van der Waals surface area contributed by atoms with Crippen LogP contribution in [-0.2, 0) is 0 Å². The Morgan fingerprint density at radius 1 is 1.00 bits per heavy atom. The largest absolute Gasteiger partial charge is 0.493 e. The summed E-state index contributed by atoms with van der Waals surface area (Å²) in [5.74, 6) is 1.88. The standard InChI is InChI=1S/C25H18BrN3O4/c1-31-21-12-16(18(26)13-22(21)32-2)14-27-29-24(23-11-15-7-3-6-10-20(15)33-23)28-19-9-5-4-8-17(19)25(29)30/h3-14H,1-2H3. The van der Waals surface area contributed by atoms with Crippen LogP contribution in [0, 0.1) is 0 Å². The van der Waals surface area contributed by atoms with Gasteiger partial charge in [0.1, 0.15) is 5.58 Å². The van der Waals surface area contributed by atoms with Gasteiger partial charge in [-0.15, -0.1) is 0 Å². The molecular weight excluding hydrogens is 486 g/mol. The fourth-order valence-electron chi connectivity index (χ4n) is 3.57. The van der Waals surface area contributed by atoms with E-state index in [1.807, 2.05) is 36.4 Å². The van der Waals surface area contributed by atoms with Crippen molar-refractivity contribution in [1.82, 2.24) is 9.66 Å². The predicted molar refractivity (Wildman–Crippen MR) is 131 cm³/mol. The van der Waals surface area contributed by atoms with Gasteiger partial charge in [0.25, 0.3) is 5.56 Å². The molecule has 8 heteroatoms. The van der Waals surface area contributed by atoms with Crippen LogP contribution >= 0.6 is 15.9 Å². The highest BCUT2D eigenvalue weighted by atomic mass is 79.9. The van der Waals surface area contributed by atoms with Gasteiger partial charge in [0.05, 0.1) is 31.3 Å². The van der Waals surface area contributed by atoms with Gasteiger partial charge < -0.3 is 13.9 Å². The topological polar surface area (TPSA) is 78.9 Å². The molecule has 7 nitrogen and oxygen atoms in total. The number of hydrogen-bond acceptors (Lipinski definition) is 6. The molecule has 0 fully saturated rings. The molecule has 0 aliphatic carbocycles. The van der Waals surface area contributed by atoms with Crippen LogP contribution in [-0.4, -0.2) is 30.1 Å². The second-order valence-electron chi connectivity index (χ2n) is 7.19. The third-order valence-corrected chi connectivity index (χ3v) is 5.90. The number of halogens is 1. The maximum Gasteiger partial charge on any atom is 0.282 e. The lowest BCUT2D eigenvalue weighted by molar-refractivity contribution is 0.354. The Bertz CT molecular complexity index is 1550. The van der Waals surface area contributed by atoms with Crippen molar-refractivity contribution >= 4 is 44.0 Å². The van der Waals surface area contributed by atoms with E-state index in [-0.39, 0.29) is 5.56 Å². The number of para-hydroxylation sites is 2. The third kappa shape index (κ3) is 3.78. The van der Waals surface area contributed by atoms with Crippen molar-refractivity contribution in [3.8, 4) is 23.1 Å². The number of methoxy groups -OCH3 is 2. The molecule has 33 heavy (non-hydrogen) atoms. The molecule has 0 atom stereocenters. The molecule has 0 unspecified atom stereocenters. The lowest BCUT2D eigenvalue weighted by Crippen LogP contribution is -2.20. The molecule has 0 aliphatic rings. The summed E-state index contributed by atoms with van der Waals surface area (Å²) >= 11 is 3.52. The first-order valence-electron chi connectivity index (χ1n) is 10.1. The molecule has 0 amide bonds. The normalized spacial score (nSPS) is 11.5. The van der Waals surface area contributed by atoms with Crippen LogP contribution in [0.1, 0.15) is 5.56 Å². The maximum atomic E-state index is 13.4. The molecule has 0 N–H and O–H groups in total. The minimum Gasteiger partial charge on any atom is -0.493 e. The summed E-state index contributed by atoms with van der Waals surface area (Å²) in [6.07, 6.45) is 1.57. The van der Waals surface area contributed by atoms with Crippen molar-refractivity contribution in [2.75, 3.05) is 14.2 Å². The molecule has 0 bridgehead atoms. The Morgan fingerprint density at radius 2 is 1.73 bits per heavy atom. The van der Waals surface area contributed by atoms with E-state index in [2.05, 4.69) is 21.0 Å². The summed E-state index contributed by atoms with van der Waals surface area (Å²) in [5.41, 5.74) is 1.66. The van der Waals surface area contributed by atoms with Crippen LogP contribution in [0.4, 0.5) is 0 Å². The summed E-state index contributed by atoms with van der Waals surface area (Å²) in [7, 11) is 3.13. The molecule has 0 spiro atoms. The zero-order valence-corrected chi connectivity index (χ0v) is 19.4. The first kappa shape index (κ1) is 21.0. The summed E-state index contributed by atoms with van der Waals surface area (Å²) < 4.78 is 18.7. The average molecular weight is 504 g/mol. The summed E-state index contributed by atoms with van der Waals surface area (Å²) in [5, 5.41) is 5.86. The summed E-state index contributed by atoms with van der Waals surface area (Å²) in [4.78, 5) is 18.1. The van der Waals surface area contributed by atoms with Crippen LogP contribution in [0.2, 0.25) is 0 Å². The van der Waals surface area contributed by atoms with Crippen molar-refractivity contribution in [1.29, 1.82) is 0 Å². The number of hydrogen-bond donors (Lipinski definition) is 0. The summed E-state index contributed by atoms with van der Waals surface area (Å²) in [6.45, 7) is 0. The van der Waals surface area contributed by atoms with Gasteiger partial charge >= 0.3 is 0 Å². The van der Waals surface area contributed by atoms with Gasteiger partial charge in [-0.25, -0.2) is 4.98 Å². The van der Waals surface area contributed by atoms with Gasteiger partial charge in [-0.05, 0) is 52.3 Å². The van der Waals surface area contributed by atoms with E-state index in [1.54, 1.807) is 50.8 Å². The Hall–Kier alpha value is -3.91. The van der Waals surface area contributed by atoms with E-state index in [4.69, 9.17) is 18.9 Å². The number of nitrogens with zero attached hydrogens (tertiary/aromatic N) is 3. The minimum atomic E-state index is -0.302. The molecule has 0 radical (unpaired) electrons. The number of rotatable bonds is 5. The molecule has 164 valence electrons. The second kappa shape index (κ2) is 8.55. The maximum absolute atomic E-state index is 13.4. The van der Waals surface area contributed by atoms with E-state index in [1.165, 1.54) is 4.68 Å². The van der Waals surface area contributed by atoms with Crippen molar-refractivity contribution in [2.45, 2.75) is 0 Å². The molecule has 0 saturated heterocycles. The van der Waals surface area contributed by atoms with Crippen LogP contribution in [0.25, 0.3) is 33.5 Å². The fourth-order valence-corrected chi connectivity index (χ4v) is 4.00. The van der Waals surface area contributed by atoms with Gasteiger partial charge in [-0.2, -0.15) is 9.78 Å². The molecule has 0 aliphatic heterocycles. The molecule has 2 heterocycles. The third-order valence-electron chi connectivity index (χ3n) is 5.21. The van der Waals surface area contributed by atoms with E-state index in [0.29, 0.717) is 45.1 Å². The number of furan rings is 1. The Morgan fingerprint density at radius 3 is 2.52 bits per heavy atom. The van der Waals surface area contributed by atoms with Gasteiger partial charge in [-0.1, -0.05) is 30.3 Å². The van der Waals surface area contributed by atoms with Crippen molar-refractivity contribution < 1.29 is 13.9 Å². The Labute approximate surface area is 197 Å². The van der Waals surface area contributed by atoms with E-state index < -0.39 is 0 Å². The van der Waals surface area contributed by atoms with Gasteiger partial charge in [0.15, 0.2) is 17.3 Å². The molecule has 5 rings (SSSR count). The van der Waals surface area contributed by atoms with Crippen LogP contribution < -0.4 is 15.0 Å². The monoisotopic (exact) mass is 503 g/mol. The van der Waals surface area contributed by atoms with Crippen molar-refractivity contribution in [3.05, 3.63) is 87.1 Å². The first-order valence-corrected chi connectivity index (χ1v) is 10.8. The molecule has 5 aromatic rings. The van der Waals surface area contributed by atoms with E-state index in [9.17, 15) is 4.79 Å². The van der Waals surface area contributed by atoms with Crippen LogP contribution in [0.3, 0.4) is 0 Å². The zero-order chi connectivity index (χ0) is 22.9. The molecule has 3 aromatic carbocycles. The number of ether oxygens (including phenoxy) is 2. The van der Waals surface area contributed by atoms with E-state index >= 15 is 0 Å².